The van der Waals surface area contributed by atoms with Crippen molar-refractivity contribution in [2.45, 2.75) is 76.3 Å². The van der Waals surface area contributed by atoms with Crippen LogP contribution in [-0.4, -0.2) is 47.4 Å². The van der Waals surface area contributed by atoms with Gasteiger partial charge in [-0.25, -0.2) is 0 Å². The molecule has 7 heteroatoms. The van der Waals surface area contributed by atoms with E-state index in [0.29, 0.717) is 23.6 Å². The SMILES string of the molecule is O=C(NCc1ccncc1)c1ccc2c(c1)C(C(=O)NC1CCN(CC3CCCCCCC3)CC1)c1ccccc1O2. The smallest absolute Gasteiger partial charge is 0.251 e. The molecule has 220 valence electrons. The lowest BCUT2D eigenvalue weighted by molar-refractivity contribution is -0.122. The molecule has 1 unspecified atom stereocenters. The van der Waals surface area contributed by atoms with E-state index in [1.54, 1.807) is 24.5 Å². The van der Waals surface area contributed by atoms with Gasteiger partial charge in [0, 0.05) is 61.3 Å². The van der Waals surface area contributed by atoms with Crippen molar-refractivity contribution in [3.8, 4) is 11.5 Å². The molecule has 1 aromatic heterocycles. The number of fused-ring (bicyclic) bond motifs is 2. The first kappa shape index (κ1) is 28.4. The summed E-state index contributed by atoms with van der Waals surface area (Å²) >= 11 is 0. The summed E-state index contributed by atoms with van der Waals surface area (Å²) in [5.41, 5.74) is 3.04. The van der Waals surface area contributed by atoms with Crippen LogP contribution in [0.15, 0.2) is 67.0 Å². The second kappa shape index (κ2) is 13.5. The predicted octanol–water partition coefficient (Wildman–Crippen LogP) is 6.19. The van der Waals surface area contributed by atoms with Crippen molar-refractivity contribution in [3.05, 3.63) is 89.2 Å². The van der Waals surface area contributed by atoms with Gasteiger partial charge in [0.05, 0.1) is 5.92 Å². The van der Waals surface area contributed by atoms with Gasteiger partial charge in [0.1, 0.15) is 11.5 Å². The molecule has 7 nitrogen and oxygen atoms in total. The summed E-state index contributed by atoms with van der Waals surface area (Å²) in [6.45, 7) is 3.67. The Kier molecular flexibility index (Phi) is 9.14. The average molecular weight is 567 g/mol. The first-order valence-electron chi connectivity index (χ1n) is 15.7. The van der Waals surface area contributed by atoms with Gasteiger partial charge in [0.2, 0.25) is 5.91 Å². The minimum Gasteiger partial charge on any atom is -0.457 e. The van der Waals surface area contributed by atoms with Gasteiger partial charge < -0.3 is 20.3 Å². The van der Waals surface area contributed by atoms with Crippen LogP contribution >= 0.6 is 0 Å². The summed E-state index contributed by atoms with van der Waals surface area (Å²) in [7, 11) is 0. The summed E-state index contributed by atoms with van der Waals surface area (Å²) in [6.07, 6.45) is 15.0. The fraction of sp³-hybridized carbons (Fsp3) is 0.457. The van der Waals surface area contributed by atoms with Gasteiger partial charge in [0.25, 0.3) is 5.91 Å². The van der Waals surface area contributed by atoms with E-state index in [2.05, 4.69) is 20.5 Å². The number of benzene rings is 2. The molecule has 0 radical (unpaired) electrons. The molecule has 42 heavy (non-hydrogen) atoms. The molecule has 1 aliphatic carbocycles. The number of hydrogen-bond acceptors (Lipinski definition) is 5. The maximum Gasteiger partial charge on any atom is 0.251 e. The van der Waals surface area contributed by atoms with E-state index in [9.17, 15) is 9.59 Å². The molecule has 2 amide bonds. The standard InChI is InChI=1S/C35H42N4O3/c40-34(37-23-25-14-18-36-19-15-25)27-12-13-32-30(22-27)33(29-10-6-7-11-31(29)42-32)35(41)38-28-16-20-39(21-17-28)24-26-8-4-2-1-3-5-9-26/h6-7,10-15,18-19,22,26,28,33H,1-5,8-9,16-17,20-21,23-24H2,(H,37,40)(H,38,41). The number of rotatable bonds is 7. The van der Waals surface area contributed by atoms with E-state index >= 15 is 0 Å². The fourth-order valence-electron chi connectivity index (χ4n) is 6.81. The molecule has 3 aromatic rings. The molecule has 3 heterocycles. The van der Waals surface area contributed by atoms with Gasteiger partial charge in [-0.2, -0.15) is 0 Å². The second-order valence-corrected chi connectivity index (χ2v) is 12.2. The molecule has 2 aliphatic heterocycles. The van der Waals surface area contributed by atoms with Crippen molar-refractivity contribution in [3.63, 3.8) is 0 Å². The number of nitrogens with zero attached hydrogens (tertiary/aromatic N) is 2. The van der Waals surface area contributed by atoms with E-state index in [4.69, 9.17) is 4.74 Å². The van der Waals surface area contributed by atoms with E-state index in [0.717, 1.165) is 48.5 Å². The van der Waals surface area contributed by atoms with Crippen molar-refractivity contribution in [1.82, 2.24) is 20.5 Å². The number of carbonyl (C=O) groups excluding carboxylic acids is 2. The highest BCUT2D eigenvalue weighted by molar-refractivity contribution is 5.96. The third-order valence-corrected chi connectivity index (χ3v) is 9.17. The Balaban J connectivity index is 1.12. The minimum atomic E-state index is -0.536. The van der Waals surface area contributed by atoms with E-state index in [1.165, 1.54) is 51.5 Å². The van der Waals surface area contributed by atoms with Gasteiger partial charge in [-0.05, 0) is 73.6 Å². The lowest BCUT2D eigenvalue weighted by Crippen LogP contribution is -2.47. The van der Waals surface area contributed by atoms with E-state index < -0.39 is 5.92 Å². The molecule has 2 aromatic carbocycles. The summed E-state index contributed by atoms with van der Waals surface area (Å²) < 4.78 is 6.19. The predicted molar refractivity (Wildman–Crippen MR) is 164 cm³/mol. The Bertz CT molecular complexity index is 1360. The number of pyridine rings is 1. The third kappa shape index (κ3) is 6.84. The zero-order valence-electron chi connectivity index (χ0n) is 24.4. The number of amides is 2. The van der Waals surface area contributed by atoms with Crippen molar-refractivity contribution in [2.75, 3.05) is 19.6 Å². The van der Waals surface area contributed by atoms with Crippen molar-refractivity contribution in [2.24, 2.45) is 5.92 Å². The number of aromatic nitrogens is 1. The minimum absolute atomic E-state index is 0.0280. The van der Waals surface area contributed by atoms with Crippen molar-refractivity contribution in [1.29, 1.82) is 0 Å². The summed E-state index contributed by atoms with van der Waals surface area (Å²) in [5, 5.41) is 6.36. The van der Waals surface area contributed by atoms with Crippen LogP contribution in [0.1, 0.15) is 90.8 Å². The number of carbonyl (C=O) groups is 2. The molecule has 3 aliphatic rings. The lowest BCUT2D eigenvalue weighted by Gasteiger charge is -2.36. The van der Waals surface area contributed by atoms with Gasteiger partial charge in [0.15, 0.2) is 0 Å². The molecular formula is C35H42N4O3. The molecular weight excluding hydrogens is 524 g/mol. The Morgan fingerprint density at radius 2 is 1.55 bits per heavy atom. The normalized spacial score (nSPS) is 19.9. The number of para-hydroxylation sites is 1. The molecule has 1 atom stereocenters. The molecule has 2 fully saturated rings. The van der Waals surface area contributed by atoms with Crippen LogP contribution in [0.5, 0.6) is 11.5 Å². The zero-order chi connectivity index (χ0) is 28.7. The lowest BCUT2D eigenvalue weighted by atomic mass is 9.85. The van der Waals surface area contributed by atoms with Crippen LogP contribution in [0.3, 0.4) is 0 Å². The maximum absolute atomic E-state index is 14.0. The summed E-state index contributed by atoms with van der Waals surface area (Å²) in [4.78, 5) is 33.7. The molecule has 0 spiro atoms. The Labute approximate surface area is 249 Å². The van der Waals surface area contributed by atoms with Crippen LogP contribution in [0.4, 0.5) is 0 Å². The molecule has 1 saturated carbocycles. The van der Waals surface area contributed by atoms with Gasteiger partial charge in [-0.1, -0.05) is 50.3 Å². The summed E-state index contributed by atoms with van der Waals surface area (Å²) in [6, 6.07) is 17.0. The Morgan fingerprint density at radius 3 is 2.33 bits per heavy atom. The highest BCUT2D eigenvalue weighted by Gasteiger charge is 2.35. The highest BCUT2D eigenvalue weighted by atomic mass is 16.5. The molecule has 1 saturated heterocycles. The number of ether oxygens (including phenoxy) is 1. The van der Waals surface area contributed by atoms with Crippen LogP contribution in [0, 0.1) is 5.92 Å². The quantitative estimate of drug-likeness (QED) is 0.356. The van der Waals surface area contributed by atoms with Crippen LogP contribution in [-0.2, 0) is 11.3 Å². The van der Waals surface area contributed by atoms with Crippen molar-refractivity contribution >= 4 is 11.8 Å². The van der Waals surface area contributed by atoms with Gasteiger partial charge in [-0.3, -0.25) is 14.6 Å². The van der Waals surface area contributed by atoms with E-state index in [-0.39, 0.29) is 17.9 Å². The molecule has 0 bridgehead atoms. The third-order valence-electron chi connectivity index (χ3n) is 9.17. The maximum atomic E-state index is 14.0. The van der Waals surface area contributed by atoms with Crippen molar-refractivity contribution < 1.29 is 14.3 Å². The first-order chi connectivity index (χ1) is 20.6. The highest BCUT2D eigenvalue weighted by Crippen LogP contribution is 2.44. The van der Waals surface area contributed by atoms with Crippen LogP contribution < -0.4 is 15.4 Å². The monoisotopic (exact) mass is 566 g/mol. The topological polar surface area (TPSA) is 83.6 Å². The van der Waals surface area contributed by atoms with Gasteiger partial charge in [-0.15, -0.1) is 0 Å². The van der Waals surface area contributed by atoms with Crippen LogP contribution in [0.25, 0.3) is 0 Å². The Morgan fingerprint density at radius 1 is 0.833 bits per heavy atom. The first-order valence-corrected chi connectivity index (χ1v) is 15.7. The molecule has 6 rings (SSSR count). The van der Waals surface area contributed by atoms with E-state index in [1.807, 2.05) is 42.5 Å². The zero-order valence-corrected chi connectivity index (χ0v) is 24.4. The Hall–Kier alpha value is -3.71. The van der Waals surface area contributed by atoms with Gasteiger partial charge >= 0.3 is 0 Å². The van der Waals surface area contributed by atoms with Crippen LogP contribution in [0.2, 0.25) is 0 Å². The largest absolute Gasteiger partial charge is 0.457 e. The number of nitrogens with one attached hydrogen (secondary N) is 2. The number of likely N-dealkylation sites (tertiary alicyclic amines) is 1. The second-order valence-electron chi connectivity index (χ2n) is 12.2. The number of piperidine rings is 1. The average Bonchev–Trinajstić information content (AvgIpc) is 3.01. The fourth-order valence-corrected chi connectivity index (χ4v) is 6.81. The molecule has 2 N–H and O–H groups in total. The number of hydrogen-bond donors (Lipinski definition) is 2. The summed E-state index contributed by atoms with van der Waals surface area (Å²) in [5.74, 6) is 1.38.